The predicted octanol–water partition coefficient (Wildman–Crippen LogP) is 5.94. The second kappa shape index (κ2) is 8.33. The fourth-order valence-corrected chi connectivity index (χ4v) is 4.08. The molecule has 1 aliphatic carbocycles. The van der Waals surface area contributed by atoms with Crippen LogP contribution in [-0.4, -0.2) is 23.9 Å². The van der Waals surface area contributed by atoms with E-state index in [9.17, 15) is 14.3 Å². The van der Waals surface area contributed by atoms with Gasteiger partial charge in [0.25, 0.3) is 0 Å². The Morgan fingerprint density at radius 2 is 1.87 bits per heavy atom. The summed E-state index contributed by atoms with van der Waals surface area (Å²) in [6.07, 6.45) is 2.00. The average Bonchev–Trinajstić information content (AvgIpc) is 3.16. The normalized spacial score (nSPS) is 22.3. The molecule has 0 saturated heterocycles. The van der Waals surface area contributed by atoms with Crippen LogP contribution in [0.5, 0.6) is 11.5 Å². The number of carboxylic acids is 1. The molecule has 0 amide bonds. The van der Waals surface area contributed by atoms with Crippen molar-refractivity contribution in [3.05, 3.63) is 59.9 Å². The van der Waals surface area contributed by atoms with Gasteiger partial charge in [-0.05, 0) is 47.1 Å². The van der Waals surface area contributed by atoms with Crippen molar-refractivity contribution in [2.24, 2.45) is 27.3 Å². The number of oxime groups is 1. The molecule has 166 valence electrons. The summed E-state index contributed by atoms with van der Waals surface area (Å²) in [6, 6.07) is 13.6. The minimum Gasteiger partial charge on any atom is -0.481 e. The fraction of sp³-hybridized carbons (Fsp3) is 0.440. The highest BCUT2D eigenvalue weighted by Gasteiger charge is 2.73. The van der Waals surface area contributed by atoms with E-state index in [1.54, 1.807) is 30.5 Å². The summed E-state index contributed by atoms with van der Waals surface area (Å²) in [5.41, 5.74) is -0.552. The summed E-state index contributed by atoms with van der Waals surface area (Å²) in [5, 5.41) is 13.9. The van der Waals surface area contributed by atoms with E-state index in [0.717, 1.165) is 5.56 Å². The van der Waals surface area contributed by atoms with E-state index >= 15 is 0 Å². The molecule has 1 fully saturated rings. The largest absolute Gasteiger partial charge is 0.481 e. The van der Waals surface area contributed by atoms with Gasteiger partial charge in [-0.3, -0.25) is 4.79 Å². The van der Waals surface area contributed by atoms with Crippen LogP contribution >= 0.6 is 0 Å². The fourth-order valence-electron chi connectivity index (χ4n) is 4.08. The summed E-state index contributed by atoms with van der Waals surface area (Å²) in [4.78, 5) is 17.4. The third-order valence-corrected chi connectivity index (χ3v) is 5.92. The first-order valence-corrected chi connectivity index (χ1v) is 10.4. The Morgan fingerprint density at radius 3 is 2.45 bits per heavy atom. The molecular formula is C25H30FNO4. The molecule has 6 heteroatoms. The van der Waals surface area contributed by atoms with Gasteiger partial charge in [-0.1, -0.05) is 64.0 Å². The molecule has 0 unspecified atom stereocenters. The number of hydrogen-bond acceptors (Lipinski definition) is 4. The highest BCUT2D eigenvalue weighted by molar-refractivity contribution is 5.88. The SMILES string of the molecule is CC(C)(C)CON=C[C@@]1(Cc2ccc(F)c(Oc3ccccc3)c2)[C@@H](C(=O)O)C1(C)C. The van der Waals surface area contributed by atoms with E-state index in [1.807, 2.05) is 52.8 Å². The molecule has 5 nitrogen and oxygen atoms in total. The van der Waals surface area contributed by atoms with Gasteiger partial charge in [-0.2, -0.15) is 0 Å². The smallest absolute Gasteiger partial charge is 0.308 e. The minimum absolute atomic E-state index is 0.0591. The van der Waals surface area contributed by atoms with Crippen LogP contribution < -0.4 is 4.74 Å². The Hall–Kier alpha value is -2.89. The number of carboxylic acid groups (broad SMARTS) is 1. The second-order valence-electron chi connectivity index (χ2n) is 9.96. The van der Waals surface area contributed by atoms with Crippen molar-refractivity contribution in [2.75, 3.05) is 6.61 Å². The quantitative estimate of drug-likeness (QED) is 0.418. The van der Waals surface area contributed by atoms with Crippen LogP contribution in [0.2, 0.25) is 0 Å². The van der Waals surface area contributed by atoms with Gasteiger partial charge in [0.1, 0.15) is 12.4 Å². The van der Waals surface area contributed by atoms with Crippen molar-refractivity contribution in [3.63, 3.8) is 0 Å². The molecule has 3 rings (SSSR count). The highest BCUT2D eigenvalue weighted by atomic mass is 19.1. The molecule has 0 heterocycles. The van der Waals surface area contributed by atoms with Crippen LogP contribution in [0, 0.1) is 28.0 Å². The number of rotatable bonds is 8. The number of carbonyl (C=O) groups is 1. The molecule has 0 radical (unpaired) electrons. The van der Waals surface area contributed by atoms with Gasteiger partial charge in [0, 0.05) is 5.41 Å². The molecule has 2 aromatic rings. The number of benzene rings is 2. The van der Waals surface area contributed by atoms with E-state index in [4.69, 9.17) is 9.57 Å². The van der Waals surface area contributed by atoms with E-state index in [1.165, 1.54) is 6.07 Å². The minimum atomic E-state index is -0.879. The number of halogens is 1. The van der Waals surface area contributed by atoms with Crippen molar-refractivity contribution in [2.45, 2.75) is 41.0 Å². The Labute approximate surface area is 182 Å². The van der Waals surface area contributed by atoms with Crippen LogP contribution in [0.25, 0.3) is 0 Å². The van der Waals surface area contributed by atoms with Crippen LogP contribution in [-0.2, 0) is 16.1 Å². The van der Waals surface area contributed by atoms with Crippen molar-refractivity contribution in [3.8, 4) is 11.5 Å². The van der Waals surface area contributed by atoms with Crippen molar-refractivity contribution in [1.82, 2.24) is 0 Å². The molecular weight excluding hydrogens is 397 g/mol. The Kier molecular flexibility index (Phi) is 6.12. The number of nitrogens with zero attached hydrogens (tertiary/aromatic N) is 1. The predicted molar refractivity (Wildman–Crippen MR) is 118 cm³/mol. The van der Waals surface area contributed by atoms with E-state index < -0.39 is 28.5 Å². The molecule has 2 aromatic carbocycles. The highest BCUT2D eigenvalue weighted by Crippen LogP contribution is 2.69. The molecule has 1 aliphatic rings. The van der Waals surface area contributed by atoms with Crippen LogP contribution in [0.3, 0.4) is 0 Å². The Balaban J connectivity index is 1.86. The van der Waals surface area contributed by atoms with Crippen LogP contribution in [0.1, 0.15) is 40.2 Å². The van der Waals surface area contributed by atoms with E-state index in [-0.39, 0.29) is 11.2 Å². The number of ether oxygens (including phenoxy) is 1. The van der Waals surface area contributed by atoms with Crippen LogP contribution in [0.4, 0.5) is 4.39 Å². The first-order chi connectivity index (χ1) is 14.5. The molecule has 2 atom stereocenters. The summed E-state index contributed by atoms with van der Waals surface area (Å²) in [5.74, 6) is -1.35. The summed E-state index contributed by atoms with van der Waals surface area (Å²) < 4.78 is 20.1. The van der Waals surface area contributed by atoms with Crippen molar-refractivity contribution < 1.29 is 23.9 Å². The zero-order chi connectivity index (χ0) is 22.9. The number of hydrogen-bond donors (Lipinski definition) is 1. The third-order valence-electron chi connectivity index (χ3n) is 5.92. The maximum Gasteiger partial charge on any atom is 0.308 e. The Bertz CT molecular complexity index is 965. The maximum atomic E-state index is 14.4. The maximum absolute atomic E-state index is 14.4. The molecule has 0 bridgehead atoms. The lowest BCUT2D eigenvalue weighted by Gasteiger charge is -2.18. The van der Waals surface area contributed by atoms with Crippen molar-refractivity contribution >= 4 is 12.2 Å². The molecule has 0 aromatic heterocycles. The number of para-hydroxylation sites is 1. The lowest BCUT2D eigenvalue weighted by molar-refractivity contribution is -0.139. The first kappa shape index (κ1) is 22.8. The standard InChI is InChI=1S/C25H30FNO4/c1-23(2,3)16-30-27-15-25(21(22(28)29)24(25,4)5)14-17-11-12-19(26)20(13-17)31-18-9-7-6-8-10-18/h6-13,15,21H,14,16H2,1-5H3,(H,28,29)/t21-,25-/m0/s1. The lowest BCUT2D eigenvalue weighted by Crippen LogP contribution is -2.18. The van der Waals surface area contributed by atoms with Gasteiger partial charge in [0.05, 0.1) is 12.1 Å². The zero-order valence-electron chi connectivity index (χ0n) is 18.7. The zero-order valence-corrected chi connectivity index (χ0v) is 18.7. The summed E-state index contributed by atoms with van der Waals surface area (Å²) >= 11 is 0. The van der Waals surface area contributed by atoms with Gasteiger partial charge in [0.2, 0.25) is 0 Å². The van der Waals surface area contributed by atoms with E-state index in [0.29, 0.717) is 18.8 Å². The second-order valence-corrected chi connectivity index (χ2v) is 9.96. The van der Waals surface area contributed by atoms with Gasteiger partial charge >= 0.3 is 5.97 Å². The van der Waals surface area contributed by atoms with Gasteiger partial charge in [-0.25, -0.2) is 4.39 Å². The summed E-state index contributed by atoms with van der Waals surface area (Å²) in [6.45, 7) is 10.3. The molecule has 0 aliphatic heterocycles. The summed E-state index contributed by atoms with van der Waals surface area (Å²) in [7, 11) is 0. The van der Waals surface area contributed by atoms with Gasteiger partial charge in [-0.15, -0.1) is 0 Å². The van der Waals surface area contributed by atoms with Gasteiger partial charge < -0.3 is 14.7 Å². The first-order valence-electron chi connectivity index (χ1n) is 10.4. The average molecular weight is 428 g/mol. The number of aliphatic carboxylic acids is 1. The Morgan fingerprint density at radius 1 is 1.19 bits per heavy atom. The molecule has 0 spiro atoms. The molecule has 31 heavy (non-hydrogen) atoms. The molecule has 1 N–H and O–H groups in total. The third kappa shape index (κ3) is 4.89. The van der Waals surface area contributed by atoms with E-state index in [2.05, 4.69) is 5.16 Å². The van der Waals surface area contributed by atoms with Crippen molar-refractivity contribution in [1.29, 1.82) is 0 Å². The monoisotopic (exact) mass is 427 g/mol. The lowest BCUT2D eigenvalue weighted by atomic mass is 9.89. The van der Waals surface area contributed by atoms with Gasteiger partial charge in [0.15, 0.2) is 11.6 Å². The topological polar surface area (TPSA) is 68.1 Å². The molecule has 1 saturated carbocycles. The van der Waals surface area contributed by atoms with Crippen LogP contribution in [0.15, 0.2) is 53.7 Å².